The van der Waals surface area contributed by atoms with Crippen LogP contribution in [0.4, 0.5) is 0 Å². The van der Waals surface area contributed by atoms with E-state index in [1.165, 1.54) is 0 Å². The van der Waals surface area contributed by atoms with Crippen LogP contribution < -0.4 is 0 Å². The van der Waals surface area contributed by atoms with Gasteiger partial charge in [0.2, 0.25) is 5.91 Å². The van der Waals surface area contributed by atoms with Gasteiger partial charge in [0.1, 0.15) is 12.1 Å². The summed E-state index contributed by atoms with van der Waals surface area (Å²) in [6, 6.07) is 15.8. The molecule has 3 aromatic rings. The van der Waals surface area contributed by atoms with E-state index < -0.39 is 0 Å². The highest BCUT2D eigenvalue weighted by atomic mass is 35.5. The van der Waals surface area contributed by atoms with Crippen LogP contribution in [0.15, 0.2) is 53.5 Å². The summed E-state index contributed by atoms with van der Waals surface area (Å²) in [6.07, 6.45) is 11.8. The summed E-state index contributed by atoms with van der Waals surface area (Å²) in [6.45, 7) is 2.82. The maximum Gasteiger partial charge on any atom is 0.249 e. The van der Waals surface area contributed by atoms with E-state index >= 15 is 0 Å². The van der Waals surface area contributed by atoms with Gasteiger partial charge in [-0.3, -0.25) is 4.79 Å². The van der Waals surface area contributed by atoms with E-state index in [1.807, 2.05) is 30.4 Å². The number of hydrogen-bond donors (Lipinski definition) is 0. The molecule has 0 radical (unpaired) electrons. The standard InChI is InChI=1S/C33H33ClN4O2/c1-2-3-8-32-37-30-16-14-27(36-33(40)29-7-5-4-6-24(29)21-39)18-31(30)38(32)20-22-9-11-23(12-10-22)28-15-13-26(34)17-25(28)19-35/h9-17,21,24,29H,2-8,18,20H2,1H3/t24-,29-/m1/s1. The topological polar surface area (TPSA) is 88.1 Å². The van der Waals surface area contributed by atoms with Gasteiger partial charge in [0.25, 0.3) is 0 Å². The molecule has 2 aliphatic carbocycles. The maximum atomic E-state index is 13.1. The van der Waals surface area contributed by atoms with E-state index in [4.69, 9.17) is 16.6 Å². The number of aryl methyl sites for hydroxylation is 1. The fourth-order valence-corrected chi connectivity index (χ4v) is 5.93. The lowest BCUT2D eigenvalue weighted by atomic mass is 9.79. The van der Waals surface area contributed by atoms with Gasteiger partial charge in [0, 0.05) is 36.2 Å². The van der Waals surface area contributed by atoms with Crippen LogP contribution in [-0.2, 0) is 29.0 Å². The lowest BCUT2D eigenvalue weighted by molar-refractivity contribution is -0.128. The second kappa shape index (κ2) is 12.6. The van der Waals surface area contributed by atoms with Gasteiger partial charge in [-0.1, -0.05) is 68.1 Å². The molecule has 0 unspecified atom stereocenters. The molecule has 0 aliphatic heterocycles. The van der Waals surface area contributed by atoms with Crippen molar-refractivity contribution in [3.05, 3.63) is 81.9 Å². The minimum atomic E-state index is -0.306. The Labute approximate surface area is 240 Å². The third-order valence-corrected chi connectivity index (χ3v) is 8.23. The smallest absolute Gasteiger partial charge is 0.249 e. The number of carbonyl (C=O) groups is 2. The molecule has 0 bridgehead atoms. The van der Waals surface area contributed by atoms with Gasteiger partial charge in [0.05, 0.1) is 28.7 Å². The number of imidazole rings is 1. The first-order valence-corrected chi connectivity index (χ1v) is 14.5. The first-order valence-electron chi connectivity index (χ1n) is 14.1. The normalized spacial score (nSPS) is 19.3. The fraction of sp³-hybridized carbons (Fsp3) is 0.364. The number of nitriles is 1. The van der Waals surface area contributed by atoms with Crippen LogP contribution in [0.2, 0.25) is 5.02 Å². The van der Waals surface area contributed by atoms with Crippen LogP contribution in [0, 0.1) is 23.2 Å². The van der Waals surface area contributed by atoms with Gasteiger partial charge >= 0.3 is 0 Å². The molecule has 5 rings (SSSR count). The number of benzene rings is 2. The van der Waals surface area contributed by atoms with Crippen molar-refractivity contribution in [3.8, 4) is 17.2 Å². The summed E-state index contributed by atoms with van der Waals surface area (Å²) in [5.74, 6) is 0.330. The van der Waals surface area contributed by atoms with Crippen molar-refractivity contribution in [1.29, 1.82) is 5.26 Å². The summed E-state index contributed by atoms with van der Waals surface area (Å²) in [5, 5.41) is 10.1. The largest absolute Gasteiger partial charge is 0.327 e. The Balaban J connectivity index is 1.40. The molecule has 0 N–H and O–H groups in total. The summed E-state index contributed by atoms with van der Waals surface area (Å²) < 4.78 is 2.27. The molecule has 1 aromatic heterocycles. The Morgan fingerprint density at radius 1 is 1.18 bits per heavy atom. The summed E-state index contributed by atoms with van der Waals surface area (Å²) >= 11 is 6.08. The third kappa shape index (κ3) is 6.00. The van der Waals surface area contributed by atoms with Crippen LogP contribution >= 0.6 is 11.6 Å². The van der Waals surface area contributed by atoms with Crippen LogP contribution in [0.25, 0.3) is 17.2 Å². The molecule has 1 heterocycles. The Bertz CT molecular complexity index is 1510. The number of allylic oxidation sites excluding steroid dienone is 1. The molecule has 6 nitrogen and oxygen atoms in total. The molecule has 204 valence electrons. The molecular weight excluding hydrogens is 520 g/mol. The van der Waals surface area contributed by atoms with E-state index in [0.29, 0.717) is 23.6 Å². The first-order chi connectivity index (χ1) is 19.5. The first kappa shape index (κ1) is 27.7. The summed E-state index contributed by atoms with van der Waals surface area (Å²) in [4.78, 5) is 34.0. The Hall–Kier alpha value is -3.82. The number of hydrogen-bond acceptors (Lipinski definition) is 4. The van der Waals surface area contributed by atoms with Crippen molar-refractivity contribution in [2.75, 3.05) is 0 Å². The summed E-state index contributed by atoms with van der Waals surface area (Å²) in [7, 11) is 0. The quantitative estimate of drug-likeness (QED) is 0.281. The molecule has 1 fully saturated rings. The highest BCUT2D eigenvalue weighted by Crippen LogP contribution is 2.31. The number of unbranched alkanes of at least 4 members (excludes halogenated alkanes) is 1. The van der Waals surface area contributed by atoms with Crippen LogP contribution in [0.3, 0.4) is 0 Å². The number of nitrogens with zero attached hydrogens (tertiary/aromatic N) is 4. The van der Waals surface area contributed by atoms with Crippen LogP contribution in [-0.4, -0.2) is 27.5 Å². The average molecular weight is 553 g/mol. The van der Waals surface area contributed by atoms with Gasteiger partial charge in [-0.15, -0.1) is 0 Å². The second-order valence-corrected chi connectivity index (χ2v) is 11.1. The Kier molecular flexibility index (Phi) is 8.72. The second-order valence-electron chi connectivity index (χ2n) is 10.7. The lowest BCUT2D eigenvalue weighted by Crippen LogP contribution is -2.28. The number of aromatic nitrogens is 2. The van der Waals surface area contributed by atoms with Crippen molar-refractivity contribution >= 4 is 35.6 Å². The SMILES string of the molecule is CCCCc1nc2c(n1Cc1ccc(-c3ccc(Cl)cc3C#N)cc1)CC(=NC(=O)[C@@H]1CCCC[C@@H]1C=O)C=C2. The number of carbonyl (C=O) groups excluding carboxylic acids is 2. The lowest BCUT2D eigenvalue weighted by Gasteiger charge is -2.25. The van der Waals surface area contributed by atoms with Gasteiger partial charge in [-0.05, 0) is 60.2 Å². The molecule has 2 atom stereocenters. The van der Waals surface area contributed by atoms with E-state index in [2.05, 4.69) is 34.7 Å². The number of fused-ring (bicyclic) bond motifs is 1. The molecule has 40 heavy (non-hydrogen) atoms. The van der Waals surface area contributed by atoms with Crippen molar-refractivity contribution < 1.29 is 9.59 Å². The van der Waals surface area contributed by atoms with E-state index in [0.717, 1.165) is 90.8 Å². The third-order valence-electron chi connectivity index (χ3n) is 7.99. The molecule has 1 amide bonds. The van der Waals surface area contributed by atoms with Crippen molar-refractivity contribution in [3.63, 3.8) is 0 Å². The summed E-state index contributed by atoms with van der Waals surface area (Å²) in [5.41, 5.74) is 6.19. The number of amides is 1. The molecule has 0 saturated heterocycles. The molecule has 7 heteroatoms. The number of halogens is 1. The van der Waals surface area contributed by atoms with E-state index in [-0.39, 0.29) is 17.7 Å². The van der Waals surface area contributed by atoms with Crippen molar-refractivity contribution in [2.45, 2.75) is 64.8 Å². The van der Waals surface area contributed by atoms with Crippen molar-refractivity contribution in [2.24, 2.45) is 16.8 Å². The predicted octanol–water partition coefficient (Wildman–Crippen LogP) is 7.01. The molecule has 2 aliphatic rings. The number of aldehydes is 1. The van der Waals surface area contributed by atoms with E-state index in [9.17, 15) is 14.9 Å². The predicted molar refractivity (Wildman–Crippen MR) is 158 cm³/mol. The van der Waals surface area contributed by atoms with E-state index in [1.54, 1.807) is 12.1 Å². The monoisotopic (exact) mass is 552 g/mol. The number of aliphatic imine (C=N–C) groups is 1. The van der Waals surface area contributed by atoms with Gasteiger partial charge in [-0.25, -0.2) is 9.98 Å². The molecule has 0 spiro atoms. The molecule has 2 aromatic carbocycles. The maximum absolute atomic E-state index is 13.1. The highest BCUT2D eigenvalue weighted by Gasteiger charge is 2.31. The Morgan fingerprint density at radius 2 is 1.98 bits per heavy atom. The van der Waals surface area contributed by atoms with Crippen molar-refractivity contribution in [1.82, 2.24) is 9.55 Å². The zero-order chi connectivity index (χ0) is 28.1. The molecular formula is C33H33ClN4O2. The van der Waals surface area contributed by atoms with Crippen LogP contribution in [0.5, 0.6) is 0 Å². The Morgan fingerprint density at radius 3 is 2.73 bits per heavy atom. The highest BCUT2D eigenvalue weighted by molar-refractivity contribution is 6.30. The average Bonchev–Trinajstić information content (AvgIpc) is 3.32. The van der Waals surface area contributed by atoms with Gasteiger partial charge in [0.15, 0.2) is 0 Å². The zero-order valence-corrected chi connectivity index (χ0v) is 23.5. The van der Waals surface area contributed by atoms with Gasteiger partial charge in [-0.2, -0.15) is 5.26 Å². The van der Waals surface area contributed by atoms with Gasteiger partial charge < -0.3 is 9.36 Å². The fourth-order valence-electron chi connectivity index (χ4n) is 5.76. The number of rotatable bonds is 8. The van der Waals surface area contributed by atoms with Crippen LogP contribution in [0.1, 0.15) is 73.8 Å². The molecule has 1 saturated carbocycles. The zero-order valence-electron chi connectivity index (χ0n) is 22.8. The minimum Gasteiger partial charge on any atom is -0.327 e. The minimum absolute atomic E-state index is 0.174.